The zero-order valence-corrected chi connectivity index (χ0v) is 14.0. The van der Waals surface area contributed by atoms with E-state index in [2.05, 4.69) is 0 Å². The summed E-state index contributed by atoms with van der Waals surface area (Å²) >= 11 is 5.97. The summed E-state index contributed by atoms with van der Waals surface area (Å²) in [6, 6.07) is 3.79. The van der Waals surface area contributed by atoms with Gasteiger partial charge in [0.05, 0.1) is 22.6 Å². The van der Waals surface area contributed by atoms with E-state index in [-0.39, 0.29) is 34.8 Å². The Morgan fingerprint density at radius 3 is 2.58 bits per heavy atom. The van der Waals surface area contributed by atoms with Crippen LogP contribution in [-0.2, 0) is 9.53 Å². The van der Waals surface area contributed by atoms with Crippen molar-refractivity contribution in [3.63, 3.8) is 0 Å². The third kappa shape index (κ3) is 3.39. The first-order valence-electron chi connectivity index (χ1n) is 8.12. The predicted octanol–water partition coefficient (Wildman–Crippen LogP) is 2.22. The zero-order chi connectivity index (χ0) is 17.3. The Kier molecular flexibility index (Phi) is 5.06. The Morgan fingerprint density at radius 1 is 1.25 bits per heavy atom. The highest BCUT2D eigenvalue weighted by Gasteiger charge is 2.40. The smallest absolute Gasteiger partial charge is 0.255 e. The maximum atomic E-state index is 13.1. The number of benzene rings is 1. The van der Waals surface area contributed by atoms with Gasteiger partial charge in [0, 0.05) is 19.7 Å². The van der Waals surface area contributed by atoms with Crippen LogP contribution >= 0.6 is 11.6 Å². The molecule has 2 atom stereocenters. The van der Waals surface area contributed by atoms with Crippen LogP contribution in [-0.4, -0.2) is 42.5 Å². The number of carbonyl (C=O) groups is 2. The molecule has 130 valence electrons. The molecule has 0 aliphatic carbocycles. The summed E-state index contributed by atoms with van der Waals surface area (Å²) in [5.41, 5.74) is 5.76. The molecule has 2 aliphatic rings. The minimum atomic E-state index is -0.467. The van der Waals surface area contributed by atoms with Crippen molar-refractivity contribution in [1.82, 2.24) is 4.90 Å². The second kappa shape index (κ2) is 7.07. The van der Waals surface area contributed by atoms with Crippen LogP contribution in [0.1, 0.15) is 29.6 Å². The van der Waals surface area contributed by atoms with Gasteiger partial charge in [-0.1, -0.05) is 11.6 Å². The van der Waals surface area contributed by atoms with Crippen LogP contribution in [0.4, 0.5) is 4.39 Å². The van der Waals surface area contributed by atoms with E-state index in [0.29, 0.717) is 31.7 Å². The van der Waals surface area contributed by atoms with E-state index in [1.807, 2.05) is 0 Å². The summed E-state index contributed by atoms with van der Waals surface area (Å²) < 4.78 is 18.8. The van der Waals surface area contributed by atoms with Gasteiger partial charge in [0.15, 0.2) is 0 Å². The van der Waals surface area contributed by atoms with Crippen LogP contribution in [0.3, 0.4) is 0 Å². The Bertz CT molecular complexity index is 647. The number of nitrogens with two attached hydrogens (primary N) is 1. The van der Waals surface area contributed by atoms with Gasteiger partial charge >= 0.3 is 0 Å². The van der Waals surface area contributed by atoms with E-state index in [1.54, 1.807) is 4.90 Å². The van der Waals surface area contributed by atoms with Crippen LogP contribution in [0.25, 0.3) is 0 Å². The zero-order valence-electron chi connectivity index (χ0n) is 13.2. The molecule has 2 fully saturated rings. The van der Waals surface area contributed by atoms with Gasteiger partial charge in [-0.15, -0.1) is 0 Å². The molecule has 2 heterocycles. The largest absolute Gasteiger partial charge is 0.377 e. The normalized spacial score (nSPS) is 25.0. The fraction of sp³-hybridized carbons (Fsp3) is 0.529. The van der Waals surface area contributed by atoms with Crippen molar-refractivity contribution in [2.45, 2.75) is 25.4 Å². The van der Waals surface area contributed by atoms with Crippen molar-refractivity contribution in [2.24, 2.45) is 17.6 Å². The van der Waals surface area contributed by atoms with Crippen LogP contribution in [0.2, 0.25) is 5.02 Å². The van der Waals surface area contributed by atoms with Crippen molar-refractivity contribution in [3.8, 4) is 0 Å². The summed E-state index contributed by atoms with van der Waals surface area (Å²) in [4.78, 5) is 25.8. The molecule has 2 N–H and O–H groups in total. The Morgan fingerprint density at radius 2 is 1.96 bits per heavy atom. The third-order valence-corrected chi connectivity index (χ3v) is 5.27. The molecule has 2 saturated heterocycles. The Labute approximate surface area is 144 Å². The Balaban J connectivity index is 1.62. The molecule has 24 heavy (non-hydrogen) atoms. The minimum absolute atomic E-state index is 0.120. The lowest BCUT2D eigenvalue weighted by Gasteiger charge is -2.35. The highest BCUT2D eigenvalue weighted by Crippen LogP contribution is 2.33. The fourth-order valence-electron chi connectivity index (χ4n) is 3.64. The monoisotopic (exact) mass is 354 g/mol. The molecule has 1 aromatic carbocycles. The second-order valence-electron chi connectivity index (χ2n) is 6.39. The van der Waals surface area contributed by atoms with Crippen molar-refractivity contribution < 1.29 is 18.7 Å². The van der Waals surface area contributed by atoms with Crippen molar-refractivity contribution in [3.05, 3.63) is 34.6 Å². The molecule has 0 spiro atoms. The minimum Gasteiger partial charge on any atom is -0.377 e. The summed E-state index contributed by atoms with van der Waals surface area (Å²) in [7, 11) is 0. The van der Waals surface area contributed by atoms with E-state index in [0.717, 1.165) is 18.9 Å². The molecule has 7 heteroatoms. The molecule has 0 unspecified atom stereocenters. The average Bonchev–Trinajstić information content (AvgIpc) is 3.04. The van der Waals surface area contributed by atoms with Crippen LogP contribution in [0.15, 0.2) is 18.2 Å². The molecular weight excluding hydrogens is 335 g/mol. The van der Waals surface area contributed by atoms with Gasteiger partial charge < -0.3 is 15.4 Å². The van der Waals surface area contributed by atoms with Gasteiger partial charge in [0.1, 0.15) is 5.82 Å². The van der Waals surface area contributed by atoms with Gasteiger partial charge in [-0.25, -0.2) is 4.39 Å². The topological polar surface area (TPSA) is 72.6 Å². The summed E-state index contributed by atoms with van der Waals surface area (Å²) in [5, 5.41) is 0.120. The van der Waals surface area contributed by atoms with E-state index in [9.17, 15) is 14.0 Å². The lowest BCUT2D eigenvalue weighted by atomic mass is 9.84. The van der Waals surface area contributed by atoms with E-state index in [4.69, 9.17) is 22.1 Å². The first-order valence-corrected chi connectivity index (χ1v) is 8.50. The number of rotatable bonds is 3. The number of nitrogens with zero attached hydrogens (tertiary/aromatic N) is 1. The number of halogens is 2. The first-order chi connectivity index (χ1) is 11.5. The molecule has 5 nitrogen and oxygen atoms in total. The molecule has 1 aromatic rings. The lowest BCUT2D eigenvalue weighted by molar-refractivity contribution is -0.124. The lowest BCUT2D eigenvalue weighted by Crippen LogP contribution is -2.44. The molecule has 0 saturated carbocycles. The quantitative estimate of drug-likeness (QED) is 0.904. The number of piperidine rings is 1. The summed E-state index contributed by atoms with van der Waals surface area (Å²) in [6.45, 7) is 1.67. The van der Waals surface area contributed by atoms with Gasteiger partial charge in [0.2, 0.25) is 5.91 Å². The highest BCUT2D eigenvalue weighted by molar-refractivity contribution is 6.33. The van der Waals surface area contributed by atoms with Crippen molar-refractivity contribution in [1.29, 1.82) is 0 Å². The fourth-order valence-corrected chi connectivity index (χ4v) is 3.89. The number of carbonyl (C=O) groups excluding carboxylic acids is 2. The van der Waals surface area contributed by atoms with Gasteiger partial charge in [-0.05, 0) is 43.4 Å². The standard InChI is InChI=1S/C17H20ClFN2O3/c18-14-9-11(19)1-2-12(14)17(23)21-6-3-10(4-7-21)15-13(16(20)22)5-8-24-15/h1-2,9-10,13,15H,3-8H2,(H2,20,22)/t13-,15+/m0/s1. The van der Waals surface area contributed by atoms with Crippen LogP contribution < -0.4 is 5.73 Å². The number of hydrogen-bond acceptors (Lipinski definition) is 3. The van der Waals surface area contributed by atoms with Crippen LogP contribution in [0, 0.1) is 17.7 Å². The van der Waals surface area contributed by atoms with E-state index >= 15 is 0 Å². The second-order valence-corrected chi connectivity index (χ2v) is 6.79. The molecule has 0 radical (unpaired) electrons. The molecule has 2 amide bonds. The van der Waals surface area contributed by atoms with E-state index < -0.39 is 5.82 Å². The number of primary amides is 1. The first kappa shape index (κ1) is 17.2. The van der Waals surface area contributed by atoms with Crippen LogP contribution in [0.5, 0.6) is 0 Å². The number of ether oxygens (including phenoxy) is 1. The predicted molar refractivity (Wildman–Crippen MR) is 87.1 cm³/mol. The number of hydrogen-bond donors (Lipinski definition) is 1. The molecule has 0 aromatic heterocycles. The summed E-state index contributed by atoms with van der Waals surface area (Å²) in [6.07, 6.45) is 2.02. The van der Waals surface area contributed by atoms with Gasteiger partial charge in [-0.3, -0.25) is 9.59 Å². The molecule has 3 rings (SSSR count). The Hall–Kier alpha value is -1.66. The number of likely N-dealkylation sites (tertiary alicyclic amines) is 1. The van der Waals surface area contributed by atoms with Crippen molar-refractivity contribution >= 4 is 23.4 Å². The third-order valence-electron chi connectivity index (χ3n) is 4.95. The maximum Gasteiger partial charge on any atom is 0.255 e. The average molecular weight is 355 g/mol. The molecular formula is C17H20ClFN2O3. The SMILES string of the molecule is NC(=O)[C@H]1CCO[C@@H]1C1CCN(C(=O)c2ccc(F)cc2Cl)CC1. The molecule has 2 aliphatic heterocycles. The summed E-state index contributed by atoms with van der Waals surface area (Å²) in [5.74, 6) is -0.987. The van der Waals surface area contributed by atoms with Crippen molar-refractivity contribution in [2.75, 3.05) is 19.7 Å². The highest BCUT2D eigenvalue weighted by atomic mass is 35.5. The number of amides is 2. The van der Waals surface area contributed by atoms with Gasteiger partial charge in [0.25, 0.3) is 5.91 Å². The van der Waals surface area contributed by atoms with E-state index in [1.165, 1.54) is 12.1 Å². The molecule has 0 bridgehead atoms. The van der Waals surface area contributed by atoms with Gasteiger partial charge in [-0.2, -0.15) is 0 Å². The maximum absolute atomic E-state index is 13.1.